The molecule has 7 heteroatoms. The Morgan fingerprint density at radius 1 is 1.18 bits per heavy atom. The Morgan fingerprint density at radius 2 is 1.82 bits per heavy atom. The molecule has 22 heavy (non-hydrogen) atoms. The molecule has 4 N–H and O–H groups in total. The molecule has 0 fully saturated rings. The highest BCUT2D eigenvalue weighted by molar-refractivity contribution is 7.80. The van der Waals surface area contributed by atoms with E-state index < -0.39 is 0 Å². The van der Waals surface area contributed by atoms with Crippen molar-refractivity contribution in [2.24, 2.45) is 5.73 Å². The number of hydrogen-bond acceptors (Lipinski definition) is 2. The lowest BCUT2D eigenvalue weighted by Crippen LogP contribution is -2.82. The number of hydrogen-bond donors (Lipinski definition) is 3. The van der Waals surface area contributed by atoms with Crippen LogP contribution in [0.25, 0.3) is 0 Å². The van der Waals surface area contributed by atoms with Crippen LogP contribution in [0.4, 0.5) is 0 Å². The van der Waals surface area contributed by atoms with Gasteiger partial charge in [0.25, 0.3) is 0 Å². The molecule has 2 rings (SSSR count). The number of halogens is 2. The smallest absolute Gasteiger partial charge is 0.221 e. The van der Waals surface area contributed by atoms with Crippen LogP contribution < -0.4 is 21.0 Å². The molecule has 2 aromatic carbocycles. The monoisotopic (exact) mass is 354 g/mol. The number of rotatable bonds is 5. The molecule has 0 aliphatic carbocycles. The summed E-state index contributed by atoms with van der Waals surface area (Å²) in [4.78, 5) is 0. The van der Waals surface area contributed by atoms with Gasteiger partial charge in [-0.1, -0.05) is 29.3 Å². The van der Waals surface area contributed by atoms with Crippen molar-refractivity contribution >= 4 is 46.7 Å². The van der Waals surface area contributed by atoms with Gasteiger partial charge < -0.3 is 10.5 Å². The average molecular weight is 355 g/mol. The molecule has 0 saturated heterocycles. The molecule has 0 aromatic heterocycles. The van der Waals surface area contributed by atoms with Gasteiger partial charge in [0.1, 0.15) is 12.4 Å². The number of hydrazine groups is 1. The summed E-state index contributed by atoms with van der Waals surface area (Å²) in [6.07, 6.45) is 1.73. The number of ether oxygens (including phenoxy) is 1. The molecule has 0 spiro atoms. The first-order chi connectivity index (χ1) is 10.6. The summed E-state index contributed by atoms with van der Waals surface area (Å²) >= 11 is 16.9. The van der Waals surface area contributed by atoms with Crippen LogP contribution >= 0.6 is 35.4 Å². The van der Waals surface area contributed by atoms with Crippen molar-refractivity contribution in [1.82, 2.24) is 5.43 Å². The van der Waals surface area contributed by atoms with Gasteiger partial charge in [-0.05, 0) is 48.6 Å². The van der Waals surface area contributed by atoms with E-state index in [4.69, 9.17) is 33.7 Å². The highest BCUT2D eigenvalue weighted by Crippen LogP contribution is 2.25. The zero-order valence-electron chi connectivity index (χ0n) is 11.5. The van der Waals surface area contributed by atoms with Gasteiger partial charge in [-0.25, -0.2) is 0 Å². The second-order valence-corrected chi connectivity index (χ2v) is 5.59. The quantitative estimate of drug-likeness (QED) is 0.435. The van der Waals surface area contributed by atoms with Gasteiger partial charge in [0.05, 0.1) is 0 Å². The maximum atomic E-state index is 6.10. The van der Waals surface area contributed by atoms with Crippen LogP contribution in [0.1, 0.15) is 11.1 Å². The van der Waals surface area contributed by atoms with Crippen LogP contribution in [0.5, 0.6) is 5.75 Å². The fourth-order valence-electron chi connectivity index (χ4n) is 1.68. The minimum Gasteiger partial charge on any atom is -0.489 e. The van der Waals surface area contributed by atoms with Crippen molar-refractivity contribution in [2.75, 3.05) is 0 Å². The first-order valence-electron chi connectivity index (χ1n) is 6.36. The summed E-state index contributed by atoms with van der Waals surface area (Å²) in [6, 6.07) is 12.8. The van der Waals surface area contributed by atoms with Gasteiger partial charge in [0.2, 0.25) is 5.11 Å². The Kier molecular flexibility index (Phi) is 6.00. The van der Waals surface area contributed by atoms with Crippen molar-refractivity contribution in [1.29, 1.82) is 0 Å². The van der Waals surface area contributed by atoms with Gasteiger partial charge in [-0.3, -0.25) is 0 Å². The average Bonchev–Trinajstić information content (AvgIpc) is 2.48. The maximum Gasteiger partial charge on any atom is 0.221 e. The molecule has 0 aliphatic heterocycles. The zero-order valence-corrected chi connectivity index (χ0v) is 13.8. The molecule has 114 valence electrons. The highest BCUT2D eigenvalue weighted by atomic mass is 35.5. The standard InChI is InChI=1S/C15H13Cl2N3OS/c16-13-2-1-3-14(17)12(13)9-21-11-6-4-10(5-7-11)8-19-20-15(18)22/h1-8H,9H2,(H3,18,20,22)/p+1. The van der Waals surface area contributed by atoms with Crippen LogP contribution in [-0.2, 0) is 6.61 Å². The SMILES string of the molecule is NC(=S)N[NH+]=Cc1ccc(OCc2c(Cl)cccc2Cl)cc1. The second-order valence-electron chi connectivity index (χ2n) is 4.34. The van der Waals surface area contributed by atoms with Crippen LogP contribution in [0.15, 0.2) is 42.5 Å². The zero-order chi connectivity index (χ0) is 15.9. The second kappa shape index (κ2) is 7.98. The molecule has 0 atom stereocenters. The molecule has 0 saturated carbocycles. The van der Waals surface area contributed by atoms with E-state index in [1.165, 1.54) is 0 Å². The van der Waals surface area contributed by atoms with Gasteiger partial charge in [-0.2, -0.15) is 0 Å². The summed E-state index contributed by atoms with van der Waals surface area (Å²) in [5, 5.41) is 4.13. The fraction of sp³-hybridized carbons (Fsp3) is 0.0667. The molecule has 0 unspecified atom stereocenters. The topological polar surface area (TPSA) is 61.2 Å². The summed E-state index contributed by atoms with van der Waals surface area (Å²) in [5.41, 5.74) is 9.61. The summed E-state index contributed by atoms with van der Waals surface area (Å²) in [6.45, 7) is 0.308. The van der Waals surface area contributed by atoms with E-state index in [0.717, 1.165) is 16.9 Å². The molecule has 0 bridgehead atoms. The van der Waals surface area contributed by atoms with Crippen molar-refractivity contribution in [3.05, 3.63) is 63.6 Å². The van der Waals surface area contributed by atoms with E-state index in [1.54, 1.807) is 24.4 Å². The Labute approximate surface area is 143 Å². The number of benzene rings is 2. The predicted molar refractivity (Wildman–Crippen MR) is 93.3 cm³/mol. The number of hydrazone groups is 1. The number of nitrogens with two attached hydrogens (primary N) is 1. The van der Waals surface area contributed by atoms with Crippen molar-refractivity contribution in [3.63, 3.8) is 0 Å². The molecular formula is C15H14Cl2N3OS+. The van der Waals surface area contributed by atoms with Crippen LogP contribution in [0.2, 0.25) is 10.0 Å². The summed E-state index contributed by atoms with van der Waals surface area (Å²) in [5.74, 6) is 0.718. The number of nitrogens with one attached hydrogen (secondary N) is 2. The van der Waals surface area contributed by atoms with Crippen molar-refractivity contribution in [3.8, 4) is 5.75 Å². The van der Waals surface area contributed by atoms with E-state index in [-0.39, 0.29) is 5.11 Å². The molecule has 0 aliphatic rings. The molecule has 2 aromatic rings. The molecule has 4 nitrogen and oxygen atoms in total. The Morgan fingerprint density at radius 3 is 2.41 bits per heavy atom. The normalized spacial score (nSPS) is 10.6. The van der Waals surface area contributed by atoms with Crippen molar-refractivity contribution < 1.29 is 9.84 Å². The summed E-state index contributed by atoms with van der Waals surface area (Å²) in [7, 11) is 0. The van der Waals surface area contributed by atoms with E-state index >= 15 is 0 Å². The van der Waals surface area contributed by atoms with E-state index in [9.17, 15) is 0 Å². The van der Waals surface area contributed by atoms with Gasteiger partial charge >= 0.3 is 0 Å². The maximum absolute atomic E-state index is 6.10. The summed E-state index contributed by atoms with van der Waals surface area (Å²) < 4.78 is 5.69. The van der Waals surface area contributed by atoms with Crippen molar-refractivity contribution in [2.45, 2.75) is 6.61 Å². The lowest BCUT2D eigenvalue weighted by molar-refractivity contribution is -0.499. The molecule has 0 radical (unpaired) electrons. The molecule has 0 amide bonds. The third kappa shape index (κ3) is 4.87. The largest absolute Gasteiger partial charge is 0.489 e. The predicted octanol–water partition coefficient (Wildman–Crippen LogP) is 1.82. The third-order valence-corrected chi connectivity index (χ3v) is 3.57. The lowest BCUT2D eigenvalue weighted by atomic mass is 10.2. The number of thiocarbonyl (C=S) groups is 1. The Bertz CT molecular complexity index is 669. The first-order valence-corrected chi connectivity index (χ1v) is 7.52. The molecule has 0 heterocycles. The Hall–Kier alpha value is -1.82. The van der Waals surface area contributed by atoms with Gasteiger partial charge in [0.15, 0.2) is 6.21 Å². The van der Waals surface area contributed by atoms with Crippen LogP contribution in [0.3, 0.4) is 0 Å². The van der Waals surface area contributed by atoms with Gasteiger partial charge in [-0.15, -0.1) is 10.5 Å². The van der Waals surface area contributed by atoms with Gasteiger partial charge in [0, 0.05) is 21.2 Å². The van der Waals surface area contributed by atoms with Crippen LogP contribution in [-0.4, -0.2) is 11.3 Å². The highest BCUT2D eigenvalue weighted by Gasteiger charge is 2.06. The Balaban J connectivity index is 1.97. The fourth-order valence-corrected chi connectivity index (χ4v) is 2.24. The first kappa shape index (κ1) is 16.5. The van der Waals surface area contributed by atoms with E-state index in [1.807, 2.05) is 24.3 Å². The minimum atomic E-state index is 0.174. The van der Waals surface area contributed by atoms with E-state index in [2.05, 4.69) is 22.7 Å². The van der Waals surface area contributed by atoms with E-state index in [0.29, 0.717) is 16.7 Å². The lowest BCUT2D eigenvalue weighted by Gasteiger charge is -2.09. The minimum absolute atomic E-state index is 0.174. The van der Waals surface area contributed by atoms with Crippen LogP contribution in [0, 0.1) is 0 Å². The third-order valence-electron chi connectivity index (χ3n) is 2.76. The molecular weight excluding hydrogens is 341 g/mol.